The summed E-state index contributed by atoms with van der Waals surface area (Å²) in [5.41, 5.74) is 2.67. The van der Waals surface area contributed by atoms with Crippen LogP contribution in [-0.2, 0) is 33.8 Å². The first-order chi connectivity index (χ1) is 33.4. The molecule has 0 spiro atoms. The second kappa shape index (κ2) is 17.8. The number of nitrogens with zero attached hydrogens (tertiary/aromatic N) is 5. The van der Waals surface area contributed by atoms with Gasteiger partial charge in [-0.1, -0.05) is 121 Å². The van der Waals surface area contributed by atoms with E-state index in [2.05, 4.69) is 55.1 Å². The van der Waals surface area contributed by atoms with Gasteiger partial charge in [0.1, 0.15) is 0 Å². The topological polar surface area (TPSA) is 140 Å². The number of amides is 4. The van der Waals surface area contributed by atoms with E-state index in [1.165, 1.54) is 32.5 Å². The number of hydrogen-bond donors (Lipinski definition) is 3. The minimum absolute atomic E-state index is 0.0805. The van der Waals surface area contributed by atoms with E-state index in [4.69, 9.17) is 0 Å². The second-order valence-electron chi connectivity index (χ2n) is 16.9. The Morgan fingerprint density at radius 1 is 0.529 bits per heavy atom. The quantitative estimate of drug-likeness (QED) is 0.110. The smallest absolute Gasteiger partial charge is 0.260 e. The van der Waals surface area contributed by atoms with Crippen LogP contribution >= 0.6 is 22.7 Å². The molecule has 14 heteroatoms. The van der Waals surface area contributed by atoms with Gasteiger partial charge in [-0.2, -0.15) is 0 Å². The van der Waals surface area contributed by atoms with Gasteiger partial charge in [0.25, 0.3) is 23.6 Å². The van der Waals surface area contributed by atoms with E-state index in [1.807, 2.05) is 72.8 Å². The number of thiazole rings is 2. The van der Waals surface area contributed by atoms with E-state index in [-0.39, 0.29) is 23.4 Å². The van der Waals surface area contributed by atoms with Gasteiger partial charge in [-0.3, -0.25) is 29.8 Å². The van der Waals surface area contributed by atoms with Crippen LogP contribution in [0.1, 0.15) is 43.0 Å². The Morgan fingerprint density at radius 2 is 1.01 bits per heavy atom. The molecule has 6 aromatic carbocycles. The summed E-state index contributed by atoms with van der Waals surface area (Å²) in [5.74, 6) is -2.46. The lowest BCUT2D eigenvalue weighted by atomic mass is 9.64. The highest BCUT2D eigenvalue weighted by Gasteiger charge is 2.72. The second-order valence-corrected chi connectivity index (χ2v) is 18.7. The van der Waals surface area contributed by atoms with Crippen molar-refractivity contribution >= 4 is 62.3 Å². The maximum Gasteiger partial charge on any atom is 0.260 e. The Kier molecular flexibility index (Phi) is 11.2. The molecule has 3 aliphatic heterocycles. The fraction of sp³-hybridized carbons (Fsp3) is 0.148. The van der Waals surface area contributed by atoms with Crippen molar-refractivity contribution in [3.05, 3.63) is 208 Å². The lowest BCUT2D eigenvalue weighted by molar-refractivity contribution is -0.153. The number of aromatic nitrogens is 2. The third-order valence-electron chi connectivity index (χ3n) is 13.3. The highest BCUT2D eigenvalue weighted by Crippen LogP contribution is 2.55. The molecule has 0 bridgehead atoms. The summed E-state index contributed by atoms with van der Waals surface area (Å²) >= 11 is 2.40. The van der Waals surface area contributed by atoms with Gasteiger partial charge in [0, 0.05) is 79.2 Å². The zero-order valence-corrected chi connectivity index (χ0v) is 38.3. The van der Waals surface area contributed by atoms with E-state index in [0.717, 1.165) is 54.1 Å². The summed E-state index contributed by atoms with van der Waals surface area (Å²) in [6.45, 7) is 3.50. The Hall–Kier alpha value is -7.78. The molecule has 0 aliphatic carbocycles. The van der Waals surface area contributed by atoms with Gasteiger partial charge in [-0.05, 0) is 74.8 Å². The SMILES string of the molecule is O=C1c2ccc(-c3ccccc3)cc2CN1C(C(=O)Nc1nccs1)(c1ccccc1)C(C(=O)Nc1nccs1)(c1ccccc1)N1Cc2ccc(-c3ccc(N4CCNCC4)cc3)cc2C1=O. The number of fused-ring (bicyclic) bond motifs is 2. The average molecular weight is 933 g/mol. The predicted octanol–water partition coefficient (Wildman–Crippen LogP) is 9.02. The van der Waals surface area contributed by atoms with E-state index >= 15 is 19.2 Å². The fourth-order valence-electron chi connectivity index (χ4n) is 10.2. The van der Waals surface area contributed by atoms with E-state index < -0.39 is 34.7 Å². The number of hydrogen-bond acceptors (Lipinski definition) is 10. The molecular weight excluding hydrogens is 889 g/mol. The molecule has 11 rings (SSSR count). The number of piperazine rings is 1. The summed E-state index contributed by atoms with van der Waals surface area (Å²) in [5, 5.41) is 13.5. The molecule has 68 heavy (non-hydrogen) atoms. The molecule has 0 saturated carbocycles. The van der Waals surface area contributed by atoms with Gasteiger partial charge in [0.05, 0.1) is 0 Å². The number of carbonyl (C=O) groups is 4. The number of carbonyl (C=O) groups excluding carboxylic acids is 4. The number of anilines is 3. The normalized spacial score (nSPS) is 16.1. The minimum atomic E-state index is -2.34. The van der Waals surface area contributed by atoms with Crippen molar-refractivity contribution in [1.29, 1.82) is 0 Å². The first kappa shape index (κ1) is 42.8. The van der Waals surface area contributed by atoms with Gasteiger partial charge in [-0.25, -0.2) is 9.97 Å². The predicted molar refractivity (Wildman–Crippen MR) is 266 cm³/mol. The van der Waals surface area contributed by atoms with Crippen LogP contribution in [0.3, 0.4) is 0 Å². The van der Waals surface area contributed by atoms with Gasteiger partial charge >= 0.3 is 0 Å². The minimum Gasteiger partial charge on any atom is -0.369 e. The third kappa shape index (κ3) is 7.16. The first-order valence-corrected chi connectivity index (χ1v) is 24.2. The summed E-state index contributed by atoms with van der Waals surface area (Å²) in [7, 11) is 0. The molecule has 8 aromatic rings. The van der Waals surface area contributed by atoms with Crippen LogP contribution in [0.4, 0.5) is 16.0 Å². The molecule has 3 N–H and O–H groups in total. The Bertz CT molecular complexity index is 3150. The van der Waals surface area contributed by atoms with Crippen LogP contribution in [0.25, 0.3) is 22.3 Å². The van der Waals surface area contributed by atoms with Crippen LogP contribution in [0, 0.1) is 0 Å². The molecule has 336 valence electrons. The van der Waals surface area contributed by atoms with Gasteiger partial charge in [0.15, 0.2) is 21.3 Å². The summed E-state index contributed by atoms with van der Waals surface area (Å²) in [6, 6.07) is 47.3. The number of rotatable bonds is 12. The van der Waals surface area contributed by atoms with Crippen LogP contribution in [0.15, 0.2) is 175 Å². The molecule has 2 aromatic heterocycles. The maximum atomic E-state index is 16.5. The molecule has 1 saturated heterocycles. The molecule has 4 amide bonds. The summed E-state index contributed by atoms with van der Waals surface area (Å²) < 4.78 is 0. The van der Waals surface area contributed by atoms with E-state index in [0.29, 0.717) is 33.4 Å². The summed E-state index contributed by atoms with van der Waals surface area (Å²) in [6.07, 6.45) is 3.15. The Balaban J connectivity index is 1.15. The Morgan fingerprint density at radius 3 is 1.57 bits per heavy atom. The molecule has 0 radical (unpaired) electrons. The first-order valence-electron chi connectivity index (χ1n) is 22.4. The molecule has 3 aliphatic rings. The summed E-state index contributed by atoms with van der Waals surface area (Å²) in [4.78, 5) is 78.9. The van der Waals surface area contributed by atoms with E-state index in [9.17, 15) is 0 Å². The zero-order valence-electron chi connectivity index (χ0n) is 36.7. The van der Waals surface area contributed by atoms with Crippen molar-refractivity contribution in [2.45, 2.75) is 24.2 Å². The van der Waals surface area contributed by atoms with Crippen LogP contribution in [0.5, 0.6) is 0 Å². The van der Waals surface area contributed by atoms with Crippen molar-refractivity contribution in [3.8, 4) is 22.3 Å². The van der Waals surface area contributed by atoms with Crippen LogP contribution in [0.2, 0.25) is 0 Å². The fourth-order valence-corrected chi connectivity index (χ4v) is 11.2. The molecule has 1 fully saturated rings. The lowest BCUT2D eigenvalue weighted by Gasteiger charge is -2.55. The third-order valence-corrected chi connectivity index (χ3v) is 14.7. The van der Waals surface area contributed by atoms with Crippen LogP contribution in [-0.4, -0.2) is 69.6 Å². The molecule has 2 atom stereocenters. The lowest BCUT2D eigenvalue weighted by Crippen LogP contribution is -2.75. The number of benzene rings is 6. The monoisotopic (exact) mass is 932 g/mol. The van der Waals surface area contributed by atoms with E-state index in [1.54, 1.807) is 77.8 Å². The van der Waals surface area contributed by atoms with Crippen molar-refractivity contribution < 1.29 is 19.2 Å². The highest BCUT2D eigenvalue weighted by atomic mass is 32.1. The average Bonchev–Trinajstić information content (AvgIpc) is 4.23. The van der Waals surface area contributed by atoms with Crippen molar-refractivity contribution in [3.63, 3.8) is 0 Å². The molecular formula is C54H44N8O4S2. The largest absolute Gasteiger partial charge is 0.369 e. The maximum absolute atomic E-state index is 16.5. The van der Waals surface area contributed by atoms with Crippen molar-refractivity contribution in [2.75, 3.05) is 41.7 Å². The van der Waals surface area contributed by atoms with Gasteiger partial charge in [-0.15, -0.1) is 22.7 Å². The Labute approximate surface area is 400 Å². The van der Waals surface area contributed by atoms with Crippen molar-refractivity contribution in [1.82, 2.24) is 25.1 Å². The highest BCUT2D eigenvalue weighted by molar-refractivity contribution is 7.14. The molecule has 12 nitrogen and oxygen atoms in total. The van der Waals surface area contributed by atoms with Gasteiger partial charge in [0.2, 0.25) is 0 Å². The zero-order chi connectivity index (χ0) is 46.2. The van der Waals surface area contributed by atoms with Gasteiger partial charge < -0.3 is 20.0 Å². The number of nitrogens with one attached hydrogen (secondary N) is 3. The molecule has 5 heterocycles. The van der Waals surface area contributed by atoms with Crippen LogP contribution < -0.4 is 20.9 Å². The molecule has 2 unspecified atom stereocenters. The van der Waals surface area contributed by atoms with Crippen molar-refractivity contribution in [2.24, 2.45) is 0 Å². The standard InChI is InChI=1S/C54H44N8O4S2/c63-47-45-23-20-38(36-10-4-1-5-11-36)32-41(45)35-62(47)54(43-14-8-3-9-15-43,50(66)59-52-57-27-31-68-52)53(42-12-6-2-7-13-42,49(65)58-51-56-26-30-67-51)61-34-40-17-16-39(33-46(40)48(61)64)37-18-21-44(22-19-37)60-28-24-55-25-29-60/h1-23,26-27,30-33,55H,24-25,28-29,34-35H2,(H,56,58,65)(H,57,59,66).